The van der Waals surface area contributed by atoms with E-state index in [1.807, 2.05) is 13.1 Å². The second-order valence-corrected chi connectivity index (χ2v) is 2.80. The normalized spacial score (nSPS) is 9.75. The Kier molecular flexibility index (Phi) is 3.55. The fourth-order valence-corrected chi connectivity index (χ4v) is 1.09. The summed E-state index contributed by atoms with van der Waals surface area (Å²) >= 11 is 0. The minimum absolute atomic E-state index is 1.04. The Morgan fingerprint density at radius 3 is 2.50 bits per heavy atom. The zero-order chi connectivity index (χ0) is 8.81. The van der Waals surface area contributed by atoms with Gasteiger partial charge >= 0.3 is 0 Å². The van der Waals surface area contributed by atoms with Gasteiger partial charge in [0.15, 0.2) is 0 Å². The zero-order valence-electron chi connectivity index (χ0n) is 7.51. The topological polar surface area (TPSA) is 12.0 Å². The first kappa shape index (κ1) is 9.01. The Bertz CT molecular complexity index is 236. The molecule has 0 fully saturated rings. The molecule has 1 heteroatoms. The largest absolute Gasteiger partial charge is 0.319 e. The third-order valence-electron chi connectivity index (χ3n) is 1.88. The average molecular weight is 161 g/mol. The van der Waals surface area contributed by atoms with Crippen molar-refractivity contribution in [1.82, 2.24) is 5.32 Å². The molecule has 0 atom stereocenters. The molecule has 1 nitrogen and oxygen atoms in total. The van der Waals surface area contributed by atoms with Gasteiger partial charge in [-0.1, -0.05) is 36.9 Å². The smallest absolute Gasteiger partial charge is 0.00114 e. The van der Waals surface area contributed by atoms with Gasteiger partial charge in [-0.05, 0) is 31.1 Å². The van der Waals surface area contributed by atoms with Crippen LogP contribution in [0.3, 0.4) is 0 Å². The highest BCUT2D eigenvalue weighted by molar-refractivity contribution is 5.47. The highest BCUT2D eigenvalue weighted by Gasteiger charge is 1.90. The summed E-state index contributed by atoms with van der Waals surface area (Å²) in [5.74, 6) is 0. The minimum atomic E-state index is 1.04. The van der Waals surface area contributed by atoms with Gasteiger partial charge in [0.25, 0.3) is 0 Å². The summed E-state index contributed by atoms with van der Waals surface area (Å²) in [4.78, 5) is 0. The van der Waals surface area contributed by atoms with Crippen molar-refractivity contribution in [2.75, 3.05) is 13.6 Å². The zero-order valence-corrected chi connectivity index (χ0v) is 7.51. The second-order valence-electron chi connectivity index (χ2n) is 2.80. The predicted molar refractivity (Wildman–Crippen MR) is 54.2 cm³/mol. The van der Waals surface area contributed by atoms with Crippen molar-refractivity contribution in [2.24, 2.45) is 0 Å². The lowest BCUT2D eigenvalue weighted by atomic mass is 10.1. The Labute approximate surface area is 74.1 Å². The average Bonchev–Trinajstić information content (AvgIpc) is 2.15. The summed E-state index contributed by atoms with van der Waals surface area (Å²) in [5, 5.41) is 3.12. The molecule has 12 heavy (non-hydrogen) atoms. The molecule has 0 aliphatic rings. The lowest BCUT2D eigenvalue weighted by Gasteiger charge is -2.00. The van der Waals surface area contributed by atoms with E-state index in [2.05, 4.69) is 36.2 Å². The lowest BCUT2D eigenvalue weighted by molar-refractivity contribution is 0.792. The van der Waals surface area contributed by atoms with E-state index in [1.54, 1.807) is 0 Å². The molecule has 0 spiro atoms. The molecule has 0 saturated carbocycles. The maximum absolute atomic E-state index is 3.71. The van der Waals surface area contributed by atoms with Crippen molar-refractivity contribution in [3.8, 4) is 0 Å². The van der Waals surface area contributed by atoms with Gasteiger partial charge in [0.1, 0.15) is 0 Å². The van der Waals surface area contributed by atoms with Crippen LogP contribution in [0.5, 0.6) is 0 Å². The quantitative estimate of drug-likeness (QED) is 0.713. The van der Waals surface area contributed by atoms with Crippen LogP contribution in [0, 0.1) is 0 Å². The van der Waals surface area contributed by atoms with Gasteiger partial charge in [-0.15, -0.1) is 0 Å². The molecule has 0 unspecified atom stereocenters. The predicted octanol–water partition coefficient (Wildman–Crippen LogP) is 2.09. The Balaban J connectivity index is 2.58. The fourth-order valence-electron chi connectivity index (χ4n) is 1.09. The molecule has 0 heterocycles. The molecule has 0 saturated heterocycles. The van der Waals surface area contributed by atoms with E-state index in [0.717, 1.165) is 13.0 Å². The summed E-state index contributed by atoms with van der Waals surface area (Å²) in [6, 6.07) is 8.48. The highest BCUT2D eigenvalue weighted by atomic mass is 14.8. The van der Waals surface area contributed by atoms with Crippen molar-refractivity contribution in [1.29, 1.82) is 0 Å². The lowest BCUT2D eigenvalue weighted by Crippen LogP contribution is -2.10. The first-order valence-corrected chi connectivity index (χ1v) is 4.23. The number of nitrogens with one attached hydrogen (secondary N) is 1. The summed E-state index contributed by atoms with van der Waals surface area (Å²) in [7, 11) is 1.97. The molecule has 1 N–H and O–H groups in total. The van der Waals surface area contributed by atoms with Gasteiger partial charge in [-0.2, -0.15) is 0 Å². The van der Waals surface area contributed by atoms with Crippen molar-refractivity contribution >= 4 is 6.08 Å². The monoisotopic (exact) mass is 161 g/mol. The van der Waals surface area contributed by atoms with Crippen LogP contribution in [0.25, 0.3) is 6.08 Å². The van der Waals surface area contributed by atoms with E-state index in [-0.39, 0.29) is 0 Å². The first-order chi connectivity index (χ1) is 5.86. The highest BCUT2D eigenvalue weighted by Crippen LogP contribution is 2.05. The second kappa shape index (κ2) is 4.73. The van der Waals surface area contributed by atoms with Gasteiger partial charge in [0, 0.05) is 0 Å². The number of likely N-dealkylation sites (N-methyl/N-ethyl adjacent to an activating group) is 1. The molecule has 1 aromatic carbocycles. The molecule has 0 aromatic heterocycles. The maximum Gasteiger partial charge on any atom is -0.00114 e. The Morgan fingerprint density at radius 2 is 2.00 bits per heavy atom. The van der Waals surface area contributed by atoms with Crippen LogP contribution >= 0.6 is 0 Å². The van der Waals surface area contributed by atoms with Crippen LogP contribution in [0.1, 0.15) is 11.1 Å². The molecule has 0 aliphatic heterocycles. The van der Waals surface area contributed by atoms with Crippen molar-refractivity contribution in [2.45, 2.75) is 6.42 Å². The summed E-state index contributed by atoms with van der Waals surface area (Å²) in [5.41, 5.74) is 2.55. The van der Waals surface area contributed by atoms with Gasteiger partial charge in [0.2, 0.25) is 0 Å². The summed E-state index contributed by atoms with van der Waals surface area (Å²) in [6.45, 7) is 4.75. The van der Waals surface area contributed by atoms with Crippen LogP contribution in [0.2, 0.25) is 0 Å². The first-order valence-electron chi connectivity index (χ1n) is 4.23. The van der Waals surface area contributed by atoms with E-state index in [9.17, 15) is 0 Å². The van der Waals surface area contributed by atoms with E-state index in [0.29, 0.717) is 0 Å². The molecule has 0 amide bonds. The van der Waals surface area contributed by atoms with Crippen LogP contribution in [-0.2, 0) is 6.42 Å². The van der Waals surface area contributed by atoms with E-state index < -0.39 is 0 Å². The van der Waals surface area contributed by atoms with E-state index in [1.165, 1.54) is 11.1 Å². The molecular weight excluding hydrogens is 146 g/mol. The van der Waals surface area contributed by atoms with Crippen molar-refractivity contribution in [3.05, 3.63) is 42.0 Å². The third kappa shape index (κ3) is 2.51. The Morgan fingerprint density at radius 1 is 1.33 bits per heavy atom. The number of hydrogen-bond acceptors (Lipinski definition) is 1. The number of hydrogen-bond donors (Lipinski definition) is 1. The minimum Gasteiger partial charge on any atom is -0.319 e. The number of rotatable bonds is 4. The van der Waals surface area contributed by atoms with Crippen LogP contribution in [-0.4, -0.2) is 13.6 Å². The van der Waals surface area contributed by atoms with E-state index in [4.69, 9.17) is 0 Å². The number of benzene rings is 1. The molecule has 1 aromatic rings. The maximum atomic E-state index is 3.71. The molecule has 64 valence electrons. The molecule has 0 aliphatic carbocycles. The van der Waals surface area contributed by atoms with Crippen LogP contribution in [0.4, 0.5) is 0 Å². The van der Waals surface area contributed by atoms with E-state index >= 15 is 0 Å². The Hall–Kier alpha value is -1.08. The van der Waals surface area contributed by atoms with Gasteiger partial charge in [0.05, 0.1) is 0 Å². The molecule has 0 bridgehead atoms. The summed E-state index contributed by atoms with van der Waals surface area (Å²) in [6.07, 6.45) is 2.95. The standard InChI is InChI=1S/C11H15N/c1-3-10-4-6-11(7-5-10)8-9-12-2/h3-7,12H,1,8-9H2,2H3. The molecular formula is C11H15N. The molecule has 0 radical (unpaired) electrons. The van der Waals surface area contributed by atoms with Gasteiger partial charge in [-0.3, -0.25) is 0 Å². The molecule has 1 rings (SSSR count). The van der Waals surface area contributed by atoms with Gasteiger partial charge < -0.3 is 5.32 Å². The SMILES string of the molecule is C=Cc1ccc(CCNC)cc1. The van der Waals surface area contributed by atoms with Crippen molar-refractivity contribution in [3.63, 3.8) is 0 Å². The van der Waals surface area contributed by atoms with Crippen LogP contribution in [0.15, 0.2) is 30.8 Å². The summed E-state index contributed by atoms with van der Waals surface area (Å²) < 4.78 is 0. The fraction of sp³-hybridized carbons (Fsp3) is 0.273. The van der Waals surface area contributed by atoms with Crippen molar-refractivity contribution < 1.29 is 0 Å². The van der Waals surface area contributed by atoms with Crippen LogP contribution < -0.4 is 5.32 Å². The van der Waals surface area contributed by atoms with Gasteiger partial charge in [-0.25, -0.2) is 0 Å². The third-order valence-corrected chi connectivity index (χ3v) is 1.88.